The highest BCUT2D eigenvalue weighted by Gasteiger charge is 1.96. The van der Waals surface area contributed by atoms with E-state index in [-0.39, 0.29) is 5.91 Å². The first-order chi connectivity index (χ1) is 5.81. The van der Waals surface area contributed by atoms with Gasteiger partial charge in [0.25, 0.3) is 0 Å². The quantitative estimate of drug-likeness (QED) is 0.406. The van der Waals surface area contributed by atoms with Gasteiger partial charge in [0.05, 0.1) is 0 Å². The number of hydrogen-bond acceptors (Lipinski definition) is 3. The SMILES string of the molecule is NCCC(=O)NCCCCCS. The van der Waals surface area contributed by atoms with Crippen molar-refractivity contribution >= 4 is 18.5 Å². The van der Waals surface area contributed by atoms with Crippen molar-refractivity contribution in [3.05, 3.63) is 0 Å². The van der Waals surface area contributed by atoms with Gasteiger partial charge in [0.1, 0.15) is 0 Å². The first-order valence-corrected chi connectivity index (χ1v) is 5.02. The molecule has 3 nitrogen and oxygen atoms in total. The van der Waals surface area contributed by atoms with Gasteiger partial charge in [0.15, 0.2) is 0 Å². The first kappa shape index (κ1) is 11.8. The van der Waals surface area contributed by atoms with Gasteiger partial charge in [-0.2, -0.15) is 12.6 Å². The average Bonchev–Trinajstić information content (AvgIpc) is 2.05. The molecule has 0 aliphatic carbocycles. The lowest BCUT2D eigenvalue weighted by molar-refractivity contribution is -0.120. The van der Waals surface area contributed by atoms with Crippen LogP contribution in [0.1, 0.15) is 25.7 Å². The minimum atomic E-state index is 0.0587. The van der Waals surface area contributed by atoms with Crippen molar-refractivity contribution in [3.63, 3.8) is 0 Å². The van der Waals surface area contributed by atoms with Gasteiger partial charge in [0, 0.05) is 19.5 Å². The van der Waals surface area contributed by atoms with Gasteiger partial charge in [-0.15, -0.1) is 0 Å². The molecule has 0 saturated heterocycles. The van der Waals surface area contributed by atoms with Crippen molar-refractivity contribution in [2.24, 2.45) is 5.73 Å². The summed E-state index contributed by atoms with van der Waals surface area (Å²) in [6.45, 7) is 1.20. The van der Waals surface area contributed by atoms with Crippen molar-refractivity contribution in [1.82, 2.24) is 5.32 Å². The minimum Gasteiger partial charge on any atom is -0.356 e. The number of unbranched alkanes of at least 4 members (excludes halogenated alkanes) is 2. The zero-order valence-corrected chi connectivity index (χ0v) is 8.28. The Morgan fingerprint density at radius 3 is 2.67 bits per heavy atom. The van der Waals surface area contributed by atoms with E-state index in [0.29, 0.717) is 13.0 Å². The maximum atomic E-state index is 10.9. The molecular weight excluding hydrogens is 172 g/mol. The lowest BCUT2D eigenvalue weighted by Gasteiger charge is -2.02. The van der Waals surface area contributed by atoms with Crippen LogP contribution in [0.4, 0.5) is 0 Å². The fraction of sp³-hybridized carbons (Fsp3) is 0.875. The number of thiol groups is 1. The Bertz CT molecular complexity index is 120. The van der Waals surface area contributed by atoms with E-state index < -0.39 is 0 Å². The maximum Gasteiger partial charge on any atom is 0.221 e. The first-order valence-electron chi connectivity index (χ1n) is 4.39. The van der Waals surface area contributed by atoms with Gasteiger partial charge in [-0.1, -0.05) is 6.42 Å². The summed E-state index contributed by atoms with van der Waals surface area (Å²) in [5.41, 5.74) is 5.21. The van der Waals surface area contributed by atoms with Gasteiger partial charge < -0.3 is 11.1 Å². The smallest absolute Gasteiger partial charge is 0.221 e. The van der Waals surface area contributed by atoms with Crippen molar-refractivity contribution in [1.29, 1.82) is 0 Å². The Morgan fingerprint density at radius 1 is 1.33 bits per heavy atom. The summed E-state index contributed by atoms with van der Waals surface area (Å²) in [5.74, 6) is 0.986. The zero-order chi connectivity index (χ0) is 9.23. The molecule has 12 heavy (non-hydrogen) atoms. The Kier molecular flexibility index (Phi) is 8.71. The second-order valence-electron chi connectivity index (χ2n) is 2.67. The van der Waals surface area contributed by atoms with E-state index in [1.807, 2.05) is 0 Å². The number of rotatable bonds is 7. The molecule has 0 aliphatic heterocycles. The molecule has 0 radical (unpaired) electrons. The Labute approximate surface area is 79.5 Å². The van der Waals surface area contributed by atoms with Crippen LogP contribution < -0.4 is 11.1 Å². The average molecular weight is 190 g/mol. The van der Waals surface area contributed by atoms with E-state index >= 15 is 0 Å². The monoisotopic (exact) mass is 190 g/mol. The molecule has 1 amide bonds. The van der Waals surface area contributed by atoms with E-state index in [4.69, 9.17) is 5.73 Å². The molecule has 72 valence electrons. The van der Waals surface area contributed by atoms with Crippen molar-refractivity contribution in [2.75, 3.05) is 18.8 Å². The standard InChI is InChI=1S/C8H18N2OS/c9-5-4-8(11)10-6-2-1-3-7-12/h12H,1-7,9H2,(H,10,11). The fourth-order valence-corrected chi connectivity index (χ4v) is 1.08. The minimum absolute atomic E-state index is 0.0587. The lowest BCUT2D eigenvalue weighted by atomic mass is 10.2. The van der Waals surface area contributed by atoms with Gasteiger partial charge in [0.2, 0.25) is 5.91 Å². The second kappa shape index (κ2) is 8.87. The van der Waals surface area contributed by atoms with Crippen molar-refractivity contribution in [3.8, 4) is 0 Å². The summed E-state index contributed by atoms with van der Waals surface area (Å²) in [6.07, 6.45) is 3.73. The second-order valence-corrected chi connectivity index (χ2v) is 3.12. The van der Waals surface area contributed by atoms with E-state index in [2.05, 4.69) is 17.9 Å². The number of carbonyl (C=O) groups is 1. The maximum absolute atomic E-state index is 10.9. The molecule has 0 unspecified atom stereocenters. The summed E-state index contributed by atoms with van der Waals surface area (Å²) in [4.78, 5) is 10.9. The molecule has 0 aliphatic rings. The molecule has 0 heterocycles. The van der Waals surface area contributed by atoms with E-state index in [9.17, 15) is 4.79 Å². The number of amides is 1. The largest absolute Gasteiger partial charge is 0.356 e. The normalized spacial score (nSPS) is 9.83. The molecule has 0 spiro atoms. The third kappa shape index (κ3) is 7.88. The molecule has 0 atom stereocenters. The third-order valence-corrected chi connectivity index (χ3v) is 1.84. The van der Waals surface area contributed by atoms with E-state index in [0.717, 1.165) is 31.6 Å². The number of hydrogen-bond donors (Lipinski definition) is 3. The molecular formula is C8H18N2OS. The number of nitrogens with one attached hydrogen (secondary N) is 1. The summed E-state index contributed by atoms with van der Waals surface area (Å²) in [5, 5.41) is 2.80. The highest BCUT2D eigenvalue weighted by Crippen LogP contribution is 1.95. The van der Waals surface area contributed by atoms with Gasteiger partial charge in [-0.05, 0) is 18.6 Å². The third-order valence-electron chi connectivity index (χ3n) is 1.53. The molecule has 0 rings (SSSR count). The Morgan fingerprint density at radius 2 is 2.08 bits per heavy atom. The van der Waals surface area contributed by atoms with Crippen molar-refractivity contribution in [2.45, 2.75) is 25.7 Å². The predicted molar refractivity (Wildman–Crippen MR) is 54.4 cm³/mol. The molecule has 0 bridgehead atoms. The Balaban J connectivity index is 3.03. The van der Waals surface area contributed by atoms with Gasteiger partial charge in [-0.25, -0.2) is 0 Å². The van der Waals surface area contributed by atoms with Crippen LogP contribution in [0.25, 0.3) is 0 Å². The Hall–Kier alpha value is -0.220. The van der Waals surface area contributed by atoms with Crippen LogP contribution in [0.3, 0.4) is 0 Å². The molecule has 3 N–H and O–H groups in total. The lowest BCUT2D eigenvalue weighted by Crippen LogP contribution is -2.26. The van der Waals surface area contributed by atoms with Crippen LogP contribution in [0.15, 0.2) is 0 Å². The molecule has 0 aromatic rings. The predicted octanol–water partition coefficient (Wildman–Crippen LogP) is 0.551. The highest BCUT2D eigenvalue weighted by atomic mass is 32.1. The summed E-state index contributed by atoms with van der Waals surface area (Å²) >= 11 is 4.09. The topological polar surface area (TPSA) is 55.1 Å². The summed E-state index contributed by atoms with van der Waals surface area (Å²) < 4.78 is 0. The number of carbonyl (C=O) groups excluding carboxylic acids is 1. The summed E-state index contributed by atoms with van der Waals surface area (Å²) in [6, 6.07) is 0. The van der Waals surface area contributed by atoms with Gasteiger partial charge >= 0.3 is 0 Å². The molecule has 0 fully saturated rings. The van der Waals surface area contributed by atoms with Crippen LogP contribution in [-0.4, -0.2) is 24.7 Å². The van der Waals surface area contributed by atoms with Crippen LogP contribution in [0, 0.1) is 0 Å². The van der Waals surface area contributed by atoms with Gasteiger partial charge in [-0.3, -0.25) is 4.79 Å². The number of nitrogens with two attached hydrogens (primary N) is 1. The summed E-state index contributed by atoms with van der Waals surface area (Å²) in [7, 11) is 0. The fourth-order valence-electron chi connectivity index (χ4n) is 0.861. The van der Waals surface area contributed by atoms with Crippen LogP contribution in [-0.2, 0) is 4.79 Å². The van der Waals surface area contributed by atoms with Crippen LogP contribution in [0.5, 0.6) is 0 Å². The zero-order valence-electron chi connectivity index (χ0n) is 7.38. The highest BCUT2D eigenvalue weighted by molar-refractivity contribution is 7.80. The van der Waals surface area contributed by atoms with E-state index in [1.54, 1.807) is 0 Å². The molecule has 0 aromatic carbocycles. The van der Waals surface area contributed by atoms with Crippen molar-refractivity contribution < 1.29 is 4.79 Å². The molecule has 0 saturated carbocycles. The van der Waals surface area contributed by atoms with Crippen LogP contribution in [0.2, 0.25) is 0 Å². The van der Waals surface area contributed by atoms with E-state index in [1.165, 1.54) is 0 Å². The van der Waals surface area contributed by atoms with Crippen LogP contribution >= 0.6 is 12.6 Å². The molecule has 0 aromatic heterocycles. The molecule has 4 heteroatoms.